The molecule has 1 aliphatic carbocycles. The van der Waals surface area contributed by atoms with Crippen LogP contribution in [0.5, 0.6) is 0 Å². The Labute approximate surface area is 84.2 Å². The molecule has 1 fully saturated rings. The number of hydrogen-bond acceptors (Lipinski definition) is 3. The highest BCUT2D eigenvalue weighted by atomic mass is 16.3. The molecule has 1 heterocycles. The summed E-state index contributed by atoms with van der Waals surface area (Å²) < 4.78 is 0. The van der Waals surface area contributed by atoms with E-state index in [-0.39, 0.29) is 6.61 Å². The van der Waals surface area contributed by atoms with Gasteiger partial charge in [-0.15, -0.1) is 0 Å². The molecule has 0 bridgehead atoms. The average molecular weight is 192 g/mol. The Kier molecular flexibility index (Phi) is 2.77. The van der Waals surface area contributed by atoms with E-state index in [0.29, 0.717) is 0 Å². The Morgan fingerprint density at radius 2 is 2.29 bits per heavy atom. The quantitative estimate of drug-likeness (QED) is 0.791. The smallest absolute Gasteiger partial charge is 0.128 e. The van der Waals surface area contributed by atoms with Crippen molar-refractivity contribution >= 4 is 0 Å². The van der Waals surface area contributed by atoms with Crippen molar-refractivity contribution in [2.45, 2.75) is 39.2 Å². The highest BCUT2D eigenvalue weighted by molar-refractivity contribution is 5.14. The van der Waals surface area contributed by atoms with Gasteiger partial charge >= 0.3 is 0 Å². The Hall–Kier alpha value is -0.960. The molecule has 0 unspecified atom stereocenters. The van der Waals surface area contributed by atoms with Crippen LogP contribution in [0, 0.1) is 12.8 Å². The highest BCUT2D eigenvalue weighted by Crippen LogP contribution is 2.28. The summed E-state index contributed by atoms with van der Waals surface area (Å²) in [5.74, 6) is 1.67. The SMILES string of the molecule is Cc1cnc(CC2CCC2)nc1CO. The summed E-state index contributed by atoms with van der Waals surface area (Å²) in [6, 6.07) is 0. The first kappa shape index (κ1) is 9.59. The molecule has 1 aromatic rings. The summed E-state index contributed by atoms with van der Waals surface area (Å²) in [7, 11) is 0. The second-order valence-electron chi connectivity index (χ2n) is 4.08. The third-order valence-corrected chi connectivity index (χ3v) is 2.97. The van der Waals surface area contributed by atoms with Gasteiger partial charge in [-0.1, -0.05) is 19.3 Å². The van der Waals surface area contributed by atoms with Crippen molar-refractivity contribution in [2.75, 3.05) is 0 Å². The molecule has 3 heteroatoms. The van der Waals surface area contributed by atoms with E-state index in [1.54, 1.807) is 0 Å². The first-order chi connectivity index (χ1) is 6.79. The summed E-state index contributed by atoms with van der Waals surface area (Å²) in [6.07, 6.45) is 6.76. The van der Waals surface area contributed by atoms with Gasteiger partial charge in [-0.25, -0.2) is 9.97 Å². The van der Waals surface area contributed by atoms with Crippen molar-refractivity contribution in [2.24, 2.45) is 5.92 Å². The molecule has 0 spiro atoms. The third-order valence-electron chi connectivity index (χ3n) is 2.97. The maximum absolute atomic E-state index is 9.06. The van der Waals surface area contributed by atoms with E-state index in [1.807, 2.05) is 13.1 Å². The van der Waals surface area contributed by atoms with Gasteiger partial charge in [-0.05, 0) is 18.4 Å². The molecule has 2 rings (SSSR count). The number of aromatic nitrogens is 2. The molecule has 0 saturated heterocycles. The number of nitrogens with zero attached hydrogens (tertiary/aromatic N) is 2. The molecule has 1 N–H and O–H groups in total. The third kappa shape index (κ3) is 1.93. The van der Waals surface area contributed by atoms with Crippen LogP contribution < -0.4 is 0 Å². The average Bonchev–Trinajstić information content (AvgIpc) is 2.14. The van der Waals surface area contributed by atoms with Crippen molar-refractivity contribution in [1.29, 1.82) is 0 Å². The summed E-state index contributed by atoms with van der Waals surface area (Å²) >= 11 is 0. The molecular weight excluding hydrogens is 176 g/mol. The molecule has 14 heavy (non-hydrogen) atoms. The Morgan fingerprint density at radius 3 is 2.86 bits per heavy atom. The summed E-state index contributed by atoms with van der Waals surface area (Å²) in [6.45, 7) is 1.95. The van der Waals surface area contributed by atoms with Gasteiger partial charge in [0, 0.05) is 12.6 Å². The molecule has 0 radical (unpaired) electrons. The predicted molar refractivity (Wildman–Crippen MR) is 53.7 cm³/mol. The van der Waals surface area contributed by atoms with Gasteiger partial charge < -0.3 is 5.11 Å². The molecule has 76 valence electrons. The van der Waals surface area contributed by atoms with Crippen molar-refractivity contribution in [3.05, 3.63) is 23.3 Å². The molecule has 1 saturated carbocycles. The second kappa shape index (κ2) is 4.05. The minimum absolute atomic E-state index is 0.0199. The van der Waals surface area contributed by atoms with Gasteiger partial charge in [0.1, 0.15) is 5.82 Å². The summed E-state index contributed by atoms with van der Waals surface area (Å²) in [5.41, 5.74) is 1.75. The van der Waals surface area contributed by atoms with E-state index in [0.717, 1.165) is 29.4 Å². The topological polar surface area (TPSA) is 46.0 Å². The molecular formula is C11H16N2O. The maximum atomic E-state index is 9.06. The van der Waals surface area contributed by atoms with Gasteiger partial charge in [0.25, 0.3) is 0 Å². The molecule has 3 nitrogen and oxygen atoms in total. The zero-order valence-corrected chi connectivity index (χ0v) is 8.53. The molecule has 1 aromatic heterocycles. The van der Waals surface area contributed by atoms with Gasteiger partial charge in [0.15, 0.2) is 0 Å². The minimum atomic E-state index is 0.0199. The monoisotopic (exact) mass is 192 g/mol. The fraction of sp³-hybridized carbons (Fsp3) is 0.636. The second-order valence-corrected chi connectivity index (χ2v) is 4.08. The van der Waals surface area contributed by atoms with Gasteiger partial charge in [0.05, 0.1) is 12.3 Å². The summed E-state index contributed by atoms with van der Waals surface area (Å²) in [5, 5.41) is 9.06. The van der Waals surface area contributed by atoms with Gasteiger partial charge in [-0.3, -0.25) is 0 Å². The van der Waals surface area contributed by atoms with Crippen molar-refractivity contribution in [1.82, 2.24) is 9.97 Å². The molecule has 0 aliphatic heterocycles. The van der Waals surface area contributed by atoms with Crippen LogP contribution in [0.4, 0.5) is 0 Å². The first-order valence-electron chi connectivity index (χ1n) is 5.22. The predicted octanol–water partition coefficient (Wildman–Crippen LogP) is 1.62. The van der Waals surface area contributed by atoms with E-state index >= 15 is 0 Å². The van der Waals surface area contributed by atoms with E-state index in [2.05, 4.69) is 9.97 Å². The Bertz CT molecular complexity index is 321. The van der Waals surface area contributed by atoms with E-state index in [1.165, 1.54) is 19.3 Å². The fourth-order valence-electron chi connectivity index (χ4n) is 1.73. The summed E-state index contributed by atoms with van der Waals surface area (Å²) in [4.78, 5) is 8.64. The van der Waals surface area contributed by atoms with E-state index < -0.39 is 0 Å². The van der Waals surface area contributed by atoms with Crippen LogP contribution in [0.1, 0.15) is 36.3 Å². The van der Waals surface area contributed by atoms with Crippen LogP contribution in [-0.2, 0) is 13.0 Å². The Balaban J connectivity index is 2.09. The number of aliphatic hydroxyl groups excluding tert-OH is 1. The van der Waals surface area contributed by atoms with Crippen LogP contribution in [-0.4, -0.2) is 15.1 Å². The highest BCUT2D eigenvalue weighted by Gasteiger charge is 2.19. The lowest BCUT2D eigenvalue weighted by molar-refractivity contribution is 0.273. The van der Waals surface area contributed by atoms with Crippen LogP contribution >= 0.6 is 0 Å². The molecule has 1 aliphatic rings. The molecule has 0 atom stereocenters. The molecule has 0 aromatic carbocycles. The van der Waals surface area contributed by atoms with Gasteiger partial charge in [-0.2, -0.15) is 0 Å². The lowest BCUT2D eigenvalue weighted by Crippen LogP contribution is -2.16. The van der Waals surface area contributed by atoms with Gasteiger partial charge in [0.2, 0.25) is 0 Å². The van der Waals surface area contributed by atoms with E-state index in [9.17, 15) is 0 Å². The van der Waals surface area contributed by atoms with Crippen LogP contribution in [0.25, 0.3) is 0 Å². The van der Waals surface area contributed by atoms with Crippen molar-refractivity contribution < 1.29 is 5.11 Å². The van der Waals surface area contributed by atoms with Crippen LogP contribution in [0.15, 0.2) is 6.20 Å². The Morgan fingerprint density at radius 1 is 1.50 bits per heavy atom. The lowest BCUT2D eigenvalue weighted by Gasteiger charge is -2.24. The fourth-order valence-corrected chi connectivity index (χ4v) is 1.73. The van der Waals surface area contributed by atoms with Crippen LogP contribution in [0.3, 0.4) is 0 Å². The zero-order chi connectivity index (χ0) is 9.97. The largest absolute Gasteiger partial charge is 0.390 e. The normalized spacial score (nSPS) is 16.7. The minimum Gasteiger partial charge on any atom is -0.390 e. The van der Waals surface area contributed by atoms with Crippen molar-refractivity contribution in [3.63, 3.8) is 0 Å². The number of aryl methyl sites for hydroxylation is 1. The number of rotatable bonds is 3. The first-order valence-corrected chi connectivity index (χ1v) is 5.22. The van der Waals surface area contributed by atoms with Crippen LogP contribution in [0.2, 0.25) is 0 Å². The number of aliphatic hydroxyl groups is 1. The lowest BCUT2D eigenvalue weighted by atomic mass is 9.83. The van der Waals surface area contributed by atoms with E-state index in [4.69, 9.17) is 5.11 Å². The maximum Gasteiger partial charge on any atom is 0.128 e. The standard InChI is InChI=1S/C11H16N2O/c1-8-6-12-11(13-10(8)7-14)5-9-3-2-4-9/h6,9,14H,2-5,7H2,1H3. The zero-order valence-electron chi connectivity index (χ0n) is 8.53. The molecule has 0 amide bonds. The van der Waals surface area contributed by atoms with Crippen molar-refractivity contribution in [3.8, 4) is 0 Å². The number of hydrogen-bond donors (Lipinski definition) is 1.